The Bertz CT molecular complexity index is 1550. The number of hydrogen-bond acceptors (Lipinski definition) is 11. The number of hydrogen-bond donors (Lipinski definition) is 6. The molecule has 1 fully saturated rings. The molecule has 6 atom stereocenters. The van der Waals surface area contributed by atoms with Gasteiger partial charge in [-0.25, -0.2) is 23.7 Å². The van der Waals surface area contributed by atoms with Crippen molar-refractivity contribution in [2.75, 3.05) is 5.32 Å². The van der Waals surface area contributed by atoms with Crippen molar-refractivity contribution in [3.05, 3.63) is 42.4 Å². The molecule has 2 aliphatic rings. The lowest BCUT2D eigenvalue weighted by Gasteiger charge is -2.28. The predicted molar refractivity (Wildman–Crippen MR) is 129 cm³/mol. The highest BCUT2D eigenvalue weighted by Gasteiger charge is 2.55. The van der Waals surface area contributed by atoms with Gasteiger partial charge in [-0.1, -0.05) is 31.2 Å². The molecule has 0 bridgehead atoms. The summed E-state index contributed by atoms with van der Waals surface area (Å²) < 4.78 is 54.7. The molecule has 206 valence electrons. The Morgan fingerprint density at radius 2 is 1.79 bits per heavy atom. The number of aliphatic hydroxyl groups is 1. The standard InChI is InChI=1S/C19H23N4O12P3/c1-10-17(33-37(28,29)35-38(30,31)34-36(25,26)27)32-18(19(10,2)24)23-8-13-12-6-4-3-5-11(12)7-20-15-14(13)16(23)22-9-21-15/h3-6,8-10,17-18,24H,7H2,1-2H3,(H,28,29)(H,30,31)(H,20,21,22)(H2,25,26,27)/t10-,17?,18-,19-/m1/s1. The molecule has 0 saturated carbocycles. The molecule has 0 aliphatic carbocycles. The second kappa shape index (κ2) is 9.27. The van der Waals surface area contributed by atoms with E-state index in [1.165, 1.54) is 24.7 Å². The van der Waals surface area contributed by atoms with Gasteiger partial charge in [-0.15, -0.1) is 0 Å². The minimum absolute atomic E-state index is 0.380. The average Bonchev–Trinajstić information content (AvgIpc) is 3.19. The number of benzene rings is 1. The molecule has 0 amide bonds. The molecule has 16 nitrogen and oxygen atoms in total. The number of nitrogens with one attached hydrogen (secondary N) is 1. The smallest absolute Gasteiger partial charge is 0.385 e. The number of rotatable bonds is 7. The summed E-state index contributed by atoms with van der Waals surface area (Å²) in [6, 6.07) is 7.65. The molecular weight excluding hydrogens is 569 g/mol. The van der Waals surface area contributed by atoms with Crippen LogP contribution >= 0.6 is 23.5 Å². The van der Waals surface area contributed by atoms with Crippen LogP contribution in [0.25, 0.3) is 22.2 Å². The topological polar surface area (TPSA) is 232 Å². The summed E-state index contributed by atoms with van der Waals surface area (Å²) in [7, 11) is -16.8. The van der Waals surface area contributed by atoms with Crippen molar-refractivity contribution in [3.8, 4) is 11.1 Å². The van der Waals surface area contributed by atoms with E-state index in [0.717, 1.165) is 16.7 Å². The highest BCUT2D eigenvalue weighted by atomic mass is 31.3. The van der Waals surface area contributed by atoms with Crippen LogP contribution in [0.15, 0.2) is 36.8 Å². The van der Waals surface area contributed by atoms with Gasteiger partial charge in [0.2, 0.25) is 0 Å². The second-order valence-electron chi connectivity index (χ2n) is 8.95. The van der Waals surface area contributed by atoms with Crippen LogP contribution in [0.4, 0.5) is 5.82 Å². The summed E-state index contributed by atoms with van der Waals surface area (Å²) >= 11 is 0. The van der Waals surface area contributed by atoms with Gasteiger partial charge in [0.1, 0.15) is 23.4 Å². The molecule has 0 radical (unpaired) electrons. The highest BCUT2D eigenvalue weighted by molar-refractivity contribution is 7.66. The lowest BCUT2D eigenvalue weighted by molar-refractivity contribution is -0.129. The summed E-state index contributed by atoms with van der Waals surface area (Å²) in [6.07, 6.45) is 0.118. The fraction of sp³-hybridized carbons (Fsp3) is 0.368. The first kappa shape index (κ1) is 27.5. The number of phosphoric ester groups is 1. The molecule has 5 rings (SSSR count). The van der Waals surface area contributed by atoms with Gasteiger partial charge < -0.3 is 39.3 Å². The molecule has 0 spiro atoms. The van der Waals surface area contributed by atoms with Crippen molar-refractivity contribution in [1.82, 2.24) is 14.5 Å². The highest BCUT2D eigenvalue weighted by Crippen LogP contribution is 2.67. The zero-order valence-electron chi connectivity index (χ0n) is 19.7. The number of nitrogens with zero attached hydrogens (tertiary/aromatic N) is 3. The van der Waals surface area contributed by atoms with Crippen LogP contribution < -0.4 is 5.32 Å². The van der Waals surface area contributed by atoms with Crippen LogP contribution in [0.5, 0.6) is 0 Å². The number of fused-ring (bicyclic) bond motifs is 2. The van der Waals surface area contributed by atoms with Gasteiger partial charge in [-0.3, -0.25) is 4.52 Å². The van der Waals surface area contributed by atoms with E-state index in [1.54, 1.807) is 6.20 Å². The molecule has 3 aromatic rings. The fourth-order valence-corrected chi connectivity index (χ4v) is 7.65. The SMILES string of the molecule is C[C@@H]1C(OP(=O)(O)OP(=O)(O)OP(=O)(O)O)O[C@@H](n2cc3c4c(ncnc42)NCc2ccccc2-3)[C@]1(C)O. The molecule has 4 heterocycles. The van der Waals surface area contributed by atoms with Crippen molar-refractivity contribution < 1.29 is 56.3 Å². The van der Waals surface area contributed by atoms with E-state index in [9.17, 15) is 28.6 Å². The Morgan fingerprint density at radius 3 is 2.50 bits per heavy atom. The van der Waals surface area contributed by atoms with Gasteiger partial charge in [0.05, 0.1) is 5.39 Å². The van der Waals surface area contributed by atoms with Gasteiger partial charge in [-0.2, -0.15) is 8.62 Å². The lowest BCUT2D eigenvalue weighted by atomic mass is 9.91. The van der Waals surface area contributed by atoms with Crippen molar-refractivity contribution in [3.63, 3.8) is 0 Å². The van der Waals surface area contributed by atoms with E-state index in [-0.39, 0.29) is 0 Å². The summed E-state index contributed by atoms with van der Waals surface area (Å²) in [5.41, 5.74) is 1.27. The zero-order valence-corrected chi connectivity index (χ0v) is 22.4. The number of phosphoric acid groups is 3. The Labute approximate surface area is 214 Å². The van der Waals surface area contributed by atoms with Gasteiger partial charge in [0.25, 0.3) is 0 Å². The first-order chi connectivity index (χ1) is 17.6. The number of ether oxygens (including phenoxy) is 1. The van der Waals surface area contributed by atoms with E-state index in [4.69, 9.17) is 19.0 Å². The maximum atomic E-state index is 12.4. The molecular formula is C19H23N4O12P3. The first-order valence-electron chi connectivity index (χ1n) is 11.0. The number of aromatic nitrogens is 3. The Morgan fingerprint density at radius 1 is 1.08 bits per heavy atom. The minimum atomic E-state index is -5.73. The van der Waals surface area contributed by atoms with E-state index in [2.05, 4.69) is 23.9 Å². The predicted octanol–water partition coefficient (Wildman–Crippen LogP) is 2.61. The summed E-state index contributed by atoms with van der Waals surface area (Å²) in [5, 5.41) is 15.3. The third-order valence-electron chi connectivity index (χ3n) is 6.36. The fourth-order valence-electron chi connectivity index (χ4n) is 4.49. The third kappa shape index (κ3) is 5.11. The second-order valence-corrected chi connectivity index (χ2v) is 13.3. The van der Waals surface area contributed by atoms with Crippen molar-refractivity contribution in [2.45, 2.75) is 38.5 Å². The van der Waals surface area contributed by atoms with Gasteiger partial charge in [0, 0.05) is 24.2 Å². The largest absolute Gasteiger partial charge is 0.490 e. The Kier molecular flexibility index (Phi) is 6.72. The summed E-state index contributed by atoms with van der Waals surface area (Å²) in [5.74, 6) is -0.478. The van der Waals surface area contributed by atoms with E-state index in [1.807, 2.05) is 24.3 Å². The van der Waals surface area contributed by atoms with Crippen molar-refractivity contribution in [2.24, 2.45) is 5.92 Å². The normalized spacial score (nSPS) is 28.2. The average molecular weight is 592 g/mol. The molecule has 2 aromatic heterocycles. The summed E-state index contributed by atoms with van der Waals surface area (Å²) in [4.78, 5) is 45.5. The molecule has 38 heavy (non-hydrogen) atoms. The van der Waals surface area contributed by atoms with E-state index >= 15 is 0 Å². The van der Waals surface area contributed by atoms with Crippen LogP contribution in [0.2, 0.25) is 0 Å². The van der Waals surface area contributed by atoms with Crippen LogP contribution in [0, 0.1) is 5.92 Å². The minimum Gasteiger partial charge on any atom is -0.385 e. The Balaban J connectivity index is 1.49. The molecule has 3 unspecified atom stereocenters. The van der Waals surface area contributed by atoms with Gasteiger partial charge >= 0.3 is 23.5 Å². The zero-order chi connectivity index (χ0) is 27.7. The van der Waals surface area contributed by atoms with Crippen LogP contribution in [-0.4, -0.2) is 51.1 Å². The van der Waals surface area contributed by atoms with Crippen LogP contribution in [-0.2, 0) is 38.1 Å². The first-order valence-corrected chi connectivity index (χ1v) is 15.5. The maximum absolute atomic E-state index is 12.4. The summed E-state index contributed by atoms with van der Waals surface area (Å²) in [6.45, 7) is 3.35. The monoisotopic (exact) mass is 592 g/mol. The third-order valence-corrected chi connectivity index (χ3v) is 10.2. The lowest BCUT2D eigenvalue weighted by Crippen LogP contribution is -2.38. The molecule has 1 aromatic carbocycles. The molecule has 19 heteroatoms. The van der Waals surface area contributed by atoms with Crippen LogP contribution in [0.3, 0.4) is 0 Å². The maximum Gasteiger partial charge on any atom is 0.490 e. The van der Waals surface area contributed by atoms with E-state index in [0.29, 0.717) is 23.4 Å². The van der Waals surface area contributed by atoms with Crippen molar-refractivity contribution >= 4 is 40.3 Å². The van der Waals surface area contributed by atoms with Gasteiger partial charge in [0.15, 0.2) is 12.5 Å². The van der Waals surface area contributed by atoms with E-state index < -0.39 is 47.5 Å². The molecule has 1 saturated heterocycles. The van der Waals surface area contributed by atoms with Gasteiger partial charge in [-0.05, 0) is 18.1 Å². The quantitative estimate of drug-likeness (QED) is 0.216. The molecule has 2 aliphatic heterocycles. The Hall–Kier alpha value is -2.03. The molecule has 6 N–H and O–H groups in total. The number of anilines is 1. The van der Waals surface area contributed by atoms with Crippen LogP contribution in [0.1, 0.15) is 25.6 Å². The van der Waals surface area contributed by atoms with Crippen molar-refractivity contribution in [1.29, 1.82) is 0 Å².